The maximum Gasteiger partial charge on any atom is 0.267 e. The molecule has 1 atom stereocenters. The number of amides is 1. The Morgan fingerprint density at radius 2 is 2.48 bits per heavy atom. The van der Waals surface area contributed by atoms with Gasteiger partial charge in [-0.2, -0.15) is 0 Å². The first-order chi connectivity index (χ1) is 10.2. The summed E-state index contributed by atoms with van der Waals surface area (Å²) in [5.74, 6) is -0.575. The van der Waals surface area contributed by atoms with Crippen LogP contribution >= 0.6 is 0 Å². The van der Waals surface area contributed by atoms with Gasteiger partial charge < -0.3 is 15.8 Å². The Morgan fingerprint density at radius 1 is 1.57 bits per heavy atom. The monoisotopic (exact) mass is 288 g/mol. The fraction of sp³-hybridized carbons (Fsp3) is 0.385. The van der Waals surface area contributed by atoms with Gasteiger partial charge in [0.05, 0.1) is 24.6 Å². The highest BCUT2D eigenvalue weighted by atomic mass is 16.5. The Morgan fingerprint density at radius 3 is 3.24 bits per heavy atom. The number of pyridine rings is 1. The molecule has 1 amide bonds. The van der Waals surface area contributed by atoms with Crippen LogP contribution in [0.5, 0.6) is 0 Å². The van der Waals surface area contributed by atoms with E-state index in [1.165, 1.54) is 6.20 Å². The molecule has 1 aliphatic heterocycles. The normalized spacial score (nSPS) is 18.0. The van der Waals surface area contributed by atoms with Gasteiger partial charge in [-0.05, 0) is 25.1 Å². The summed E-state index contributed by atoms with van der Waals surface area (Å²) < 4.78 is 7.30. The molecular weight excluding hydrogens is 272 g/mol. The van der Waals surface area contributed by atoms with E-state index in [1.54, 1.807) is 23.0 Å². The van der Waals surface area contributed by atoms with Crippen molar-refractivity contribution in [2.75, 3.05) is 13.1 Å². The molecule has 0 aliphatic carbocycles. The van der Waals surface area contributed by atoms with Gasteiger partial charge in [-0.1, -0.05) is 5.21 Å². The van der Waals surface area contributed by atoms with Crippen LogP contribution in [0.1, 0.15) is 22.6 Å². The Labute approximate surface area is 121 Å². The van der Waals surface area contributed by atoms with Crippen molar-refractivity contribution in [2.45, 2.75) is 19.1 Å². The van der Waals surface area contributed by atoms with Crippen molar-refractivity contribution in [3.8, 4) is 5.69 Å². The number of nitrogens with zero attached hydrogens (tertiary/aromatic N) is 4. The zero-order valence-corrected chi connectivity index (χ0v) is 11.4. The molecule has 1 saturated heterocycles. The molecule has 0 bridgehead atoms. The van der Waals surface area contributed by atoms with Gasteiger partial charge in [0.25, 0.3) is 5.91 Å². The van der Waals surface area contributed by atoms with Crippen LogP contribution in [0.4, 0.5) is 0 Å². The lowest BCUT2D eigenvalue weighted by Gasteiger charge is -2.07. The summed E-state index contributed by atoms with van der Waals surface area (Å²) in [6.07, 6.45) is 4.53. The topological polar surface area (TPSA) is 108 Å². The second-order valence-corrected chi connectivity index (χ2v) is 4.84. The van der Waals surface area contributed by atoms with Crippen molar-refractivity contribution >= 4 is 5.91 Å². The molecule has 2 aromatic rings. The molecule has 8 nitrogen and oxygen atoms in total. The SMILES string of the molecule is NC(=O)c1cc(-n2cc(CO[C@@H]3CCNC3)nn2)ccn1. The number of carbonyl (C=O) groups excluding carboxylic acids is 1. The molecule has 3 N–H and O–H groups in total. The second-order valence-electron chi connectivity index (χ2n) is 4.84. The van der Waals surface area contributed by atoms with Gasteiger partial charge in [0.15, 0.2) is 0 Å². The summed E-state index contributed by atoms with van der Waals surface area (Å²) >= 11 is 0. The van der Waals surface area contributed by atoms with E-state index in [4.69, 9.17) is 10.5 Å². The molecule has 0 radical (unpaired) electrons. The summed E-state index contributed by atoms with van der Waals surface area (Å²) in [4.78, 5) is 15.0. The number of nitrogens with one attached hydrogen (secondary N) is 1. The van der Waals surface area contributed by atoms with E-state index >= 15 is 0 Å². The number of primary amides is 1. The van der Waals surface area contributed by atoms with Crippen LogP contribution in [0.25, 0.3) is 5.69 Å². The number of ether oxygens (including phenoxy) is 1. The first-order valence-corrected chi connectivity index (χ1v) is 6.72. The van der Waals surface area contributed by atoms with Crippen LogP contribution in [0.2, 0.25) is 0 Å². The van der Waals surface area contributed by atoms with E-state index in [-0.39, 0.29) is 11.8 Å². The molecule has 0 spiro atoms. The van der Waals surface area contributed by atoms with Gasteiger partial charge in [-0.3, -0.25) is 9.78 Å². The van der Waals surface area contributed by atoms with Crippen molar-refractivity contribution in [2.24, 2.45) is 5.73 Å². The lowest BCUT2D eigenvalue weighted by atomic mass is 10.3. The number of aromatic nitrogens is 4. The highest BCUT2D eigenvalue weighted by Gasteiger charge is 2.15. The summed E-state index contributed by atoms with van der Waals surface area (Å²) in [6, 6.07) is 3.30. The zero-order chi connectivity index (χ0) is 14.7. The number of rotatable bonds is 5. The third-order valence-corrected chi connectivity index (χ3v) is 3.28. The molecule has 0 aromatic carbocycles. The van der Waals surface area contributed by atoms with Crippen molar-refractivity contribution in [1.29, 1.82) is 0 Å². The van der Waals surface area contributed by atoms with Crippen LogP contribution in [-0.2, 0) is 11.3 Å². The van der Waals surface area contributed by atoms with E-state index in [2.05, 4.69) is 20.6 Å². The lowest BCUT2D eigenvalue weighted by Crippen LogP contribution is -2.16. The smallest absolute Gasteiger partial charge is 0.267 e. The fourth-order valence-electron chi connectivity index (χ4n) is 2.16. The maximum atomic E-state index is 11.1. The van der Waals surface area contributed by atoms with Gasteiger partial charge in [0.1, 0.15) is 11.4 Å². The Balaban J connectivity index is 1.69. The van der Waals surface area contributed by atoms with Crippen LogP contribution in [0.3, 0.4) is 0 Å². The molecule has 8 heteroatoms. The van der Waals surface area contributed by atoms with Crippen molar-refractivity contribution in [1.82, 2.24) is 25.3 Å². The predicted molar refractivity (Wildman–Crippen MR) is 73.7 cm³/mol. The van der Waals surface area contributed by atoms with E-state index in [0.29, 0.717) is 12.3 Å². The average Bonchev–Trinajstić information content (AvgIpc) is 3.17. The molecule has 110 valence electrons. The number of nitrogens with two attached hydrogens (primary N) is 1. The highest BCUT2D eigenvalue weighted by molar-refractivity contribution is 5.91. The molecule has 2 aromatic heterocycles. The maximum absolute atomic E-state index is 11.1. The van der Waals surface area contributed by atoms with Gasteiger partial charge in [-0.15, -0.1) is 5.10 Å². The first kappa shape index (κ1) is 13.7. The number of hydrogen-bond donors (Lipinski definition) is 2. The molecule has 1 fully saturated rings. The predicted octanol–water partition coefficient (Wildman–Crippen LogP) is -0.360. The minimum Gasteiger partial charge on any atom is -0.370 e. The zero-order valence-electron chi connectivity index (χ0n) is 11.4. The van der Waals surface area contributed by atoms with Crippen LogP contribution in [-0.4, -0.2) is 45.1 Å². The largest absolute Gasteiger partial charge is 0.370 e. The fourth-order valence-corrected chi connectivity index (χ4v) is 2.16. The molecule has 0 saturated carbocycles. The summed E-state index contributed by atoms with van der Waals surface area (Å²) in [5.41, 5.74) is 6.82. The third kappa shape index (κ3) is 3.23. The Kier molecular flexibility index (Phi) is 3.89. The average molecular weight is 288 g/mol. The Bertz CT molecular complexity index is 635. The van der Waals surface area contributed by atoms with Gasteiger partial charge in [0, 0.05) is 12.7 Å². The van der Waals surface area contributed by atoms with Gasteiger partial charge in [-0.25, -0.2) is 4.68 Å². The molecule has 1 aliphatic rings. The molecular formula is C13H16N6O2. The highest BCUT2D eigenvalue weighted by Crippen LogP contribution is 2.10. The molecule has 3 heterocycles. The lowest BCUT2D eigenvalue weighted by molar-refractivity contribution is 0.0522. The van der Waals surface area contributed by atoms with Crippen molar-refractivity contribution in [3.05, 3.63) is 35.9 Å². The molecule has 3 rings (SSSR count). The second kappa shape index (κ2) is 5.98. The van der Waals surface area contributed by atoms with E-state index in [9.17, 15) is 4.79 Å². The van der Waals surface area contributed by atoms with Crippen LogP contribution in [0.15, 0.2) is 24.5 Å². The molecule has 21 heavy (non-hydrogen) atoms. The number of hydrogen-bond acceptors (Lipinski definition) is 6. The van der Waals surface area contributed by atoms with Gasteiger partial charge in [0.2, 0.25) is 0 Å². The standard InChI is InChI=1S/C13H16N6O2/c14-13(20)12-5-10(1-4-16-12)19-7-9(17-18-19)8-21-11-2-3-15-6-11/h1,4-5,7,11,15H,2-3,6,8H2,(H2,14,20)/t11-/m1/s1. The van der Waals surface area contributed by atoms with E-state index < -0.39 is 5.91 Å². The van der Waals surface area contributed by atoms with Crippen LogP contribution in [0, 0.1) is 0 Å². The first-order valence-electron chi connectivity index (χ1n) is 6.72. The van der Waals surface area contributed by atoms with Crippen molar-refractivity contribution in [3.63, 3.8) is 0 Å². The minimum atomic E-state index is -0.575. The number of carbonyl (C=O) groups is 1. The van der Waals surface area contributed by atoms with Gasteiger partial charge >= 0.3 is 0 Å². The summed E-state index contributed by atoms with van der Waals surface area (Å²) in [7, 11) is 0. The minimum absolute atomic E-state index is 0.192. The van der Waals surface area contributed by atoms with E-state index in [1.807, 2.05) is 0 Å². The quantitative estimate of drug-likeness (QED) is 0.778. The van der Waals surface area contributed by atoms with Crippen molar-refractivity contribution < 1.29 is 9.53 Å². The van der Waals surface area contributed by atoms with Crippen LogP contribution < -0.4 is 11.1 Å². The summed E-state index contributed by atoms with van der Waals surface area (Å²) in [6.45, 7) is 2.28. The Hall–Kier alpha value is -2.32. The van der Waals surface area contributed by atoms with E-state index in [0.717, 1.165) is 25.2 Å². The third-order valence-electron chi connectivity index (χ3n) is 3.28. The summed E-state index contributed by atoms with van der Waals surface area (Å²) in [5, 5.41) is 11.3. The molecule has 0 unspecified atom stereocenters.